The molecule has 2 aromatic rings. The number of likely N-dealkylation sites (tertiary alicyclic amines) is 1. The zero-order chi connectivity index (χ0) is 20.9. The van der Waals surface area contributed by atoms with Crippen molar-refractivity contribution < 1.29 is 14.3 Å². The van der Waals surface area contributed by atoms with E-state index in [2.05, 4.69) is 16.8 Å². The smallest absolute Gasteiger partial charge is 0.235 e. The Hall–Kier alpha value is -2.70. The summed E-state index contributed by atoms with van der Waals surface area (Å²) in [5.41, 5.74) is 2.47. The van der Waals surface area contributed by atoms with Gasteiger partial charge in [0.15, 0.2) is 11.6 Å². The summed E-state index contributed by atoms with van der Waals surface area (Å²) < 4.78 is 11.6. The number of amides is 1. The van der Waals surface area contributed by atoms with E-state index >= 15 is 0 Å². The molecule has 0 atom stereocenters. The van der Waals surface area contributed by atoms with Crippen molar-refractivity contribution in [3.63, 3.8) is 0 Å². The number of rotatable bonds is 4. The zero-order valence-electron chi connectivity index (χ0n) is 16.9. The molecule has 3 heterocycles. The lowest BCUT2D eigenvalue weighted by molar-refractivity contribution is -0.122. The van der Waals surface area contributed by atoms with Gasteiger partial charge in [-0.3, -0.25) is 9.69 Å². The molecule has 1 spiro atoms. The van der Waals surface area contributed by atoms with Gasteiger partial charge < -0.3 is 19.7 Å². The normalized spacial score (nSPS) is 19.5. The van der Waals surface area contributed by atoms with Crippen LogP contribution in [0.1, 0.15) is 18.4 Å². The minimum absolute atomic E-state index is 0.0976. The van der Waals surface area contributed by atoms with E-state index in [1.807, 2.05) is 48.3 Å². The zero-order valence-corrected chi connectivity index (χ0v) is 17.7. The van der Waals surface area contributed by atoms with E-state index in [1.165, 1.54) is 0 Å². The molecular weight excluding hydrogens is 402 g/mol. The predicted molar refractivity (Wildman–Crippen MR) is 118 cm³/mol. The lowest BCUT2D eigenvalue weighted by Crippen LogP contribution is -2.47. The summed E-state index contributed by atoms with van der Waals surface area (Å²) in [6.45, 7) is 6.96. The maximum absolute atomic E-state index is 12.7. The van der Waals surface area contributed by atoms with Gasteiger partial charge in [-0.2, -0.15) is 0 Å². The van der Waals surface area contributed by atoms with E-state index in [-0.39, 0.29) is 5.91 Å². The molecule has 2 aromatic carbocycles. The minimum Gasteiger partial charge on any atom is -0.492 e. The number of carbonyl (C=O) groups excluding carboxylic acids is 1. The lowest BCUT2D eigenvalue weighted by Gasteiger charge is -2.37. The van der Waals surface area contributed by atoms with Crippen molar-refractivity contribution in [1.82, 2.24) is 4.90 Å². The van der Waals surface area contributed by atoms with Crippen molar-refractivity contribution in [2.75, 3.05) is 43.5 Å². The Kier molecular flexibility index (Phi) is 4.64. The number of benzene rings is 2. The van der Waals surface area contributed by atoms with E-state index in [4.69, 9.17) is 21.1 Å². The highest BCUT2D eigenvalue weighted by Gasteiger charge is 2.48. The maximum atomic E-state index is 12.7. The van der Waals surface area contributed by atoms with Gasteiger partial charge in [-0.15, -0.1) is 0 Å². The van der Waals surface area contributed by atoms with Crippen molar-refractivity contribution in [3.05, 3.63) is 59.4 Å². The molecule has 156 valence electrons. The third kappa shape index (κ3) is 3.11. The second-order valence-electron chi connectivity index (χ2n) is 8.10. The van der Waals surface area contributed by atoms with Crippen molar-refractivity contribution in [2.24, 2.45) is 0 Å². The van der Waals surface area contributed by atoms with Crippen LogP contribution in [0.2, 0.25) is 5.02 Å². The molecule has 0 saturated carbocycles. The Morgan fingerprint density at radius 2 is 2.03 bits per heavy atom. The van der Waals surface area contributed by atoms with Crippen LogP contribution in [0.4, 0.5) is 11.4 Å². The van der Waals surface area contributed by atoms with Crippen molar-refractivity contribution in [2.45, 2.75) is 18.3 Å². The standard InChI is InChI=1S/C23H24ClN3O3/c1-15-26(2)20-6-4-17(14-21(20)30-15)29-12-11-27-9-7-23(8-10-27)18-13-16(24)3-5-19(18)25-22(23)28/h3-6,13-14H,1,7-12H2,2H3,(H,25,28). The van der Waals surface area contributed by atoms with E-state index in [9.17, 15) is 4.79 Å². The average molecular weight is 426 g/mol. The Morgan fingerprint density at radius 1 is 1.23 bits per heavy atom. The SMILES string of the molecule is C=C1Oc2cc(OCCN3CCC4(CC3)C(=O)Nc3ccc(Cl)cc34)ccc2N1C. The summed E-state index contributed by atoms with van der Waals surface area (Å²) in [4.78, 5) is 17.0. The first-order chi connectivity index (χ1) is 14.5. The molecule has 6 nitrogen and oxygen atoms in total. The number of nitrogens with one attached hydrogen (secondary N) is 1. The van der Waals surface area contributed by atoms with Gasteiger partial charge in [0.25, 0.3) is 0 Å². The summed E-state index contributed by atoms with van der Waals surface area (Å²) in [6.07, 6.45) is 1.57. The van der Waals surface area contributed by atoms with E-state index in [0.29, 0.717) is 17.5 Å². The van der Waals surface area contributed by atoms with Gasteiger partial charge in [0.05, 0.1) is 11.1 Å². The first-order valence-electron chi connectivity index (χ1n) is 10.2. The molecule has 7 heteroatoms. The highest BCUT2D eigenvalue weighted by Crippen LogP contribution is 2.45. The first kappa shape index (κ1) is 19.3. The molecule has 1 saturated heterocycles. The van der Waals surface area contributed by atoms with Gasteiger partial charge in [0, 0.05) is 30.4 Å². The van der Waals surface area contributed by atoms with E-state index in [1.54, 1.807) is 0 Å². The number of ether oxygens (including phenoxy) is 2. The number of halogens is 1. The largest absolute Gasteiger partial charge is 0.492 e. The van der Waals surface area contributed by atoms with E-state index in [0.717, 1.165) is 60.9 Å². The van der Waals surface area contributed by atoms with Crippen LogP contribution in [0, 0.1) is 0 Å². The van der Waals surface area contributed by atoms with Crippen LogP contribution in [0.25, 0.3) is 0 Å². The lowest BCUT2D eigenvalue weighted by atomic mass is 9.73. The molecule has 0 aromatic heterocycles. The molecule has 5 rings (SSSR count). The highest BCUT2D eigenvalue weighted by atomic mass is 35.5. The molecule has 0 bridgehead atoms. The van der Waals surface area contributed by atoms with Gasteiger partial charge in [-0.05, 0) is 68.4 Å². The number of carbonyl (C=O) groups is 1. The van der Waals surface area contributed by atoms with Gasteiger partial charge >= 0.3 is 0 Å². The molecule has 1 fully saturated rings. The number of nitrogens with zero attached hydrogens (tertiary/aromatic N) is 2. The third-order valence-corrected chi connectivity index (χ3v) is 6.70. The fourth-order valence-electron chi connectivity index (χ4n) is 4.61. The maximum Gasteiger partial charge on any atom is 0.235 e. The summed E-state index contributed by atoms with van der Waals surface area (Å²) in [6, 6.07) is 11.5. The van der Waals surface area contributed by atoms with Crippen LogP contribution in [-0.4, -0.2) is 44.1 Å². The fraction of sp³-hybridized carbons (Fsp3) is 0.348. The van der Waals surface area contributed by atoms with Crippen LogP contribution in [0.15, 0.2) is 48.9 Å². The van der Waals surface area contributed by atoms with E-state index < -0.39 is 5.41 Å². The van der Waals surface area contributed by atoms with Crippen molar-refractivity contribution in [1.29, 1.82) is 0 Å². The predicted octanol–water partition coefficient (Wildman–Crippen LogP) is 4.00. The van der Waals surface area contributed by atoms with Crippen LogP contribution >= 0.6 is 11.6 Å². The molecule has 1 amide bonds. The summed E-state index contributed by atoms with van der Waals surface area (Å²) in [7, 11) is 1.93. The van der Waals surface area contributed by atoms with Crippen molar-refractivity contribution in [3.8, 4) is 11.5 Å². The molecule has 3 aliphatic rings. The number of hydrogen-bond donors (Lipinski definition) is 1. The monoisotopic (exact) mass is 425 g/mol. The van der Waals surface area contributed by atoms with Crippen molar-refractivity contribution >= 4 is 28.9 Å². The summed E-state index contributed by atoms with van der Waals surface area (Å²) in [5.74, 6) is 2.26. The summed E-state index contributed by atoms with van der Waals surface area (Å²) >= 11 is 6.20. The van der Waals surface area contributed by atoms with Crippen LogP contribution in [0.3, 0.4) is 0 Å². The topological polar surface area (TPSA) is 54.0 Å². The van der Waals surface area contributed by atoms with Gasteiger partial charge in [-0.25, -0.2) is 0 Å². The van der Waals surface area contributed by atoms with Gasteiger partial charge in [-0.1, -0.05) is 11.6 Å². The molecular formula is C23H24ClN3O3. The van der Waals surface area contributed by atoms with Crippen LogP contribution in [0.5, 0.6) is 11.5 Å². The molecule has 0 unspecified atom stereocenters. The van der Waals surface area contributed by atoms with Gasteiger partial charge in [0.2, 0.25) is 5.91 Å². The quantitative estimate of drug-likeness (QED) is 0.802. The molecule has 0 radical (unpaired) electrons. The third-order valence-electron chi connectivity index (χ3n) is 6.46. The Labute approximate surface area is 181 Å². The second kappa shape index (κ2) is 7.22. The van der Waals surface area contributed by atoms with Crippen LogP contribution in [-0.2, 0) is 10.2 Å². The van der Waals surface area contributed by atoms with Gasteiger partial charge in [0.1, 0.15) is 12.4 Å². The van der Waals surface area contributed by atoms with Crippen LogP contribution < -0.4 is 19.7 Å². The second-order valence-corrected chi connectivity index (χ2v) is 8.54. The Morgan fingerprint density at radius 3 is 2.83 bits per heavy atom. The molecule has 3 aliphatic heterocycles. The fourth-order valence-corrected chi connectivity index (χ4v) is 4.78. The number of anilines is 2. The molecule has 1 N–H and O–H groups in total. The number of hydrogen-bond acceptors (Lipinski definition) is 5. The average Bonchev–Trinajstić information content (AvgIpc) is 3.17. The molecule has 0 aliphatic carbocycles. The minimum atomic E-state index is -0.455. The summed E-state index contributed by atoms with van der Waals surface area (Å²) in [5, 5.41) is 3.70. The Balaban J connectivity index is 1.17. The highest BCUT2D eigenvalue weighted by molar-refractivity contribution is 6.31. The first-order valence-corrected chi connectivity index (χ1v) is 10.6. The number of piperidine rings is 1. The Bertz CT molecular complexity index is 1030. The molecule has 30 heavy (non-hydrogen) atoms. The number of fused-ring (bicyclic) bond motifs is 3.